The van der Waals surface area contributed by atoms with E-state index in [0.717, 1.165) is 12.3 Å². The molecule has 2 unspecified atom stereocenters. The van der Waals surface area contributed by atoms with Crippen molar-refractivity contribution in [3.05, 3.63) is 0 Å². The van der Waals surface area contributed by atoms with Crippen molar-refractivity contribution >= 4 is 23.8 Å². The third kappa shape index (κ3) is 5.69. The molecule has 6 nitrogen and oxygen atoms in total. The minimum absolute atomic E-state index is 0.0164. The summed E-state index contributed by atoms with van der Waals surface area (Å²) in [5, 5.41) is 11.8. The lowest BCUT2D eigenvalue weighted by atomic mass is 10.2. The van der Waals surface area contributed by atoms with Gasteiger partial charge in [0.15, 0.2) is 0 Å². The lowest BCUT2D eigenvalue weighted by Crippen LogP contribution is -2.54. The van der Waals surface area contributed by atoms with Crippen LogP contribution in [0.5, 0.6) is 0 Å². The topological polar surface area (TPSA) is 72.9 Å². The summed E-state index contributed by atoms with van der Waals surface area (Å²) >= 11 is 1.70. The van der Waals surface area contributed by atoms with Gasteiger partial charge in [-0.05, 0) is 21.0 Å². The molecule has 0 aromatic carbocycles. The zero-order chi connectivity index (χ0) is 14.4. The molecule has 0 bridgehead atoms. The van der Waals surface area contributed by atoms with E-state index in [0.29, 0.717) is 12.3 Å². The molecule has 0 aromatic rings. The summed E-state index contributed by atoms with van der Waals surface area (Å²) in [7, 11) is 3.90. The average molecular weight is 289 g/mol. The van der Waals surface area contributed by atoms with Crippen molar-refractivity contribution in [2.75, 3.05) is 38.7 Å². The van der Waals surface area contributed by atoms with Crippen molar-refractivity contribution in [3.8, 4) is 0 Å². The highest BCUT2D eigenvalue weighted by atomic mass is 32.2. The summed E-state index contributed by atoms with van der Waals surface area (Å²) < 4.78 is 0. The van der Waals surface area contributed by atoms with Gasteiger partial charge in [0, 0.05) is 30.6 Å². The number of thioether (sulfide) groups is 1. The number of rotatable bonds is 5. The average Bonchev–Trinajstić information content (AvgIpc) is 2.27. The third-order valence-corrected chi connectivity index (χ3v) is 4.00. The Hall–Kier alpha value is -0.950. The van der Waals surface area contributed by atoms with Crippen LogP contribution in [0.1, 0.15) is 13.3 Å². The summed E-state index contributed by atoms with van der Waals surface area (Å²) in [5.74, 6) is 0.708. The van der Waals surface area contributed by atoms with Crippen LogP contribution in [-0.4, -0.2) is 77.7 Å². The smallest absolute Gasteiger partial charge is 0.317 e. The van der Waals surface area contributed by atoms with Gasteiger partial charge >= 0.3 is 12.0 Å². The fourth-order valence-electron chi connectivity index (χ4n) is 2.18. The molecule has 1 saturated heterocycles. The molecule has 2 N–H and O–H groups in total. The highest BCUT2D eigenvalue weighted by Gasteiger charge is 2.29. The number of nitrogens with one attached hydrogen (secondary N) is 1. The number of urea groups is 1. The number of amides is 2. The van der Waals surface area contributed by atoms with Crippen LogP contribution in [-0.2, 0) is 4.79 Å². The number of likely N-dealkylation sites (N-methyl/N-ethyl adjacent to an activating group) is 1. The van der Waals surface area contributed by atoms with Gasteiger partial charge in [0.1, 0.15) is 0 Å². The van der Waals surface area contributed by atoms with Crippen molar-refractivity contribution in [2.45, 2.75) is 25.4 Å². The van der Waals surface area contributed by atoms with Gasteiger partial charge < -0.3 is 20.2 Å². The molecule has 0 radical (unpaired) electrons. The highest BCUT2D eigenvalue weighted by Crippen LogP contribution is 2.19. The Morgan fingerprint density at radius 2 is 2.21 bits per heavy atom. The summed E-state index contributed by atoms with van der Waals surface area (Å²) in [6, 6.07) is -0.314. The Morgan fingerprint density at radius 1 is 1.53 bits per heavy atom. The zero-order valence-corrected chi connectivity index (χ0v) is 12.6. The molecular formula is C12H23N3O3S. The molecule has 7 heteroatoms. The van der Waals surface area contributed by atoms with E-state index in [1.807, 2.05) is 25.9 Å². The summed E-state index contributed by atoms with van der Waals surface area (Å²) in [4.78, 5) is 26.7. The number of carbonyl (C=O) groups is 2. The van der Waals surface area contributed by atoms with E-state index < -0.39 is 5.97 Å². The SMILES string of the molecule is CC(CN(C)C)NC(=O)N1CCSCC1CC(=O)O. The predicted octanol–water partition coefficient (Wildman–Crippen LogP) is 0.538. The van der Waals surface area contributed by atoms with E-state index in [4.69, 9.17) is 5.11 Å². The van der Waals surface area contributed by atoms with Crippen LogP contribution < -0.4 is 5.32 Å². The van der Waals surface area contributed by atoms with E-state index >= 15 is 0 Å². The first kappa shape index (κ1) is 16.1. The number of carboxylic acid groups (broad SMARTS) is 1. The first-order valence-electron chi connectivity index (χ1n) is 6.41. The number of nitrogens with zero attached hydrogens (tertiary/aromatic N) is 2. The third-order valence-electron chi connectivity index (χ3n) is 2.91. The van der Waals surface area contributed by atoms with Crippen LogP contribution >= 0.6 is 11.8 Å². The Labute approximate surface area is 118 Å². The molecular weight excluding hydrogens is 266 g/mol. The number of carbonyl (C=O) groups excluding carboxylic acids is 1. The van der Waals surface area contributed by atoms with Crippen LogP contribution in [0.3, 0.4) is 0 Å². The molecule has 0 spiro atoms. The standard InChI is InChI=1S/C12H23N3O3S/c1-9(7-14(2)3)13-12(18)15-4-5-19-8-10(15)6-11(16)17/h9-10H,4-8H2,1-3H3,(H,13,18)(H,16,17). The number of hydrogen-bond acceptors (Lipinski definition) is 4. The maximum absolute atomic E-state index is 12.2. The van der Waals surface area contributed by atoms with Gasteiger partial charge in [-0.1, -0.05) is 0 Å². The van der Waals surface area contributed by atoms with Gasteiger partial charge in [-0.3, -0.25) is 4.79 Å². The Morgan fingerprint density at radius 3 is 2.79 bits per heavy atom. The van der Waals surface area contributed by atoms with E-state index in [1.165, 1.54) is 0 Å². The van der Waals surface area contributed by atoms with Gasteiger partial charge in [0.05, 0.1) is 12.5 Å². The fourth-order valence-corrected chi connectivity index (χ4v) is 3.24. The summed E-state index contributed by atoms with van der Waals surface area (Å²) in [6.07, 6.45) is 0.0164. The second-order valence-corrected chi connectivity index (χ2v) is 6.28. The molecule has 1 fully saturated rings. The van der Waals surface area contributed by atoms with Crippen LogP contribution in [0.25, 0.3) is 0 Å². The van der Waals surface area contributed by atoms with Crippen LogP contribution in [0.2, 0.25) is 0 Å². The van der Waals surface area contributed by atoms with E-state index in [2.05, 4.69) is 5.32 Å². The van der Waals surface area contributed by atoms with Gasteiger partial charge in [-0.2, -0.15) is 11.8 Å². The fraction of sp³-hybridized carbons (Fsp3) is 0.833. The first-order chi connectivity index (χ1) is 8.90. The Kier molecular flexibility index (Phi) is 6.44. The quantitative estimate of drug-likeness (QED) is 0.773. The lowest BCUT2D eigenvalue weighted by molar-refractivity contribution is -0.137. The maximum atomic E-state index is 12.2. The summed E-state index contributed by atoms with van der Waals surface area (Å²) in [5.41, 5.74) is 0. The molecule has 110 valence electrons. The van der Waals surface area contributed by atoms with Crippen molar-refractivity contribution < 1.29 is 14.7 Å². The van der Waals surface area contributed by atoms with Gasteiger partial charge in [-0.25, -0.2) is 4.79 Å². The van der Waals surface area contributed by atoms with E-state index in [1.54, 1.807) is 16.7 Å². The second-order valence-electron chi connectivity index (χ2n) is 5.13. The molecule has 0 aliphatic carbocycles. The number of aliphatic carboxylic acids is 1. The largest absolute Gasteiger partial charge is 0.481 e. The molecule has 1 aliphatic rings. The molecule has 0 aromatic heterocycles. The molecule has 19 heavy (non-hydrogen) atoms. The van der Waals surface area contributed by atoms with E-state index in [-0.39, 0.29) is 24.5 Å². The van der Waals surface area contributed by atoms with Crippen molar-refractivity contribution in [3.63, 3.8) is 0 Å². The van der Waals surface area contributed by atoms with Crippen molar-refractivity contribution in [1.29, 1.82) is 0 Å². The predicted molar refractivity (Wildman–Crippen MR) is 76.6 cm³/mol. The molecule has 1 heterocycles. The zero-order valence-electron chi connectivity index (χ0n) is 11.8. The highest BCUT2D eigenvalue weighted by molar-refractivity contribution is 7.99. The van der Waals surface area contributed by atoms with Crippen LogP contribution in [0.4, 0.5) is 4.79 Å². The van der Waals surface area contributed by atoms with Gasteiger partial charge in [0.2, 0.25) is 0 Å². The van der Waals surface area contributed by atoms with Crippen molar-refractivity contribution in [2.24, 2.45) is 0 Å². The molecule has 1 rings (SSSR count). The maximum Gasteiger partial charge on any atom is 0.317 e. The van der Waals surface area contributed by atoms with Gasteiger partial charge in [-0.15, -0.1) is 0 Å². The van der Waals surface area contributed by atoms with E-state index in [9.17, 15) is 9.59 Å². The second kappa shape index (κ2) is 7.59. The lowest BCUT2D eigenvalue weighted by Gasteiger charge is -2.35. The van der Waals surface area contributed by atoms with Crippen molar-refractivity contribution in [1.82, 2.24) is 15.1 Å². The van der Waals surface area contributed by atoms with Gasteiger partial charge in [0.25, 0.3) is 0 Å². The summed E-state index contributed by atoms with van der Waals surface area (Å²) in [6.45, 7) is 3.32. The Balaban J connectivity index is 2.54. The number of hydrogen-bond donors (Lipinski definition) is 2. The minimum atomic E-state index is -0.855. The molecule has 0 saturated carbocycles. The van der Waals surface area contributed by atoms with Crippen LogP contribution in [0, 0.1) is 0 Å². The monoisotopic (exact) mass is 289 g/mol. The normalized spacial score (nSPS) is 21.3. The molecule has 2 atom stereocenters. The number of carboxylic acids is 1. The minimum Gasteiger partial charge on any atom is -0.481 e. The molecule has 2 amide bonds. The Bertz CT molecular complexity index is 325. The van der Waals surface area contributed by atoms with Crippen LogP contribution in [0.15, 0.2) is 0 Å². The first-order valence-corrected chi connectivity index (χ1v) is 7.57. The molecule has 1 aliphatic heterocycles.